The lowest BCUT2D eigenvalue weighted by Crippen LogP contribution is -2.21. The van der Waals surface area contributed by atoms with Gasteiger partial charge in [-0.25, -0.2) is 0 Å². The second-order valence-electron chi connectivity index (χ2n) is 6.00. The van der Waals surface area contributed by atoms with Crippen LogP contribution in [0.3, 0.4) is 0 Å². The second kappa shape index (κ2) is 8.38. The van der Waals surface area contributed by atoms with Crippen LogP contribution < -0.4 is 5.32 Å². The van der Waals surface area contributed by atoms with Gasteiger partial charge in [0.1, 0.15) is 0 Å². The van der Waals surface area contributed by atoms with E-state index in [1.807, 2.05) is 0 Å². The van der Waals surface area contributed by atoms with Gasteiger partial charge in [0, 0.05) is 6.54 Å². The molecule has 1 aromatic rings. The summed E-state index contributed by atoms with van der Waals surface area (Å²) >= 11 is 0. The SMILES string of the molecule is CCCNCc1cccc(COC2CCCC(C)C2)n1. The highest BCUT2D eigenvalue weighted by Crippen LogP contribution is 2.26. The average Bonchev–Trinajstić information content (AvgIpc) is 2.46. The smallest absolute Gasteiger partial charge is 0.0891 e. The van der Waals surface area contributed by atoms with Crippen molar-refractivity contribution >= 4 is 0 Å². The van der Waals surface area contributed by atoms with Gasteiger partial charge in [0.25, 0.3) is 0 Å². The lowest BCUT2D eigenvalue weighted by atomic mass is 9.89. The number of nitrogens with zero attached hydrogens (tertiary/aromatic N) is 1. The molecular weight excluding hydrogens is 248 g/mol. The third-order valence-electron chi connectivity index (χ3n) is 3.95. The molecule has 112 valence electrons. The van der Waals surface area contributed by atoms with Crippen molar-refractivity contribution in [1.82, 2.24) is 10.3 Å². The highest BCUT2D eigenvalue weighted by molar-refractivity contribution is 5.10. The van der Waals surface area contributed by atoms with E-state index in [1.165, 1.54) is 25.7 Å². The fourth-order valence-electron chi connectivity index (χ4n) is 2.83. The van der Waals surface area contributed by atoms with Crippen LogP contribution in [0, 0.1) is 5.92 Å². The van der Waals surface area contributed by atoms with E-state index in [2.05, 4.69) is 42.3 Å². The molecule has 2 atom stereocenters. The van der Waals surface area contributed by atoms with E-state index in [-0.39, 0.29) is 0 Å². The molecule has 1 aliphatic carbocycles. The lowest BCUT2D eigenvalue weighted by Gasteiger charge is -2.26. The quantitative estimate of drug-likeness (QED) is 0.771. The zero-order valence-electron chi connectivity index (χ0n) is 12.9. The molecular formula is C17H28N2O. The molecule has 1 heterocycles. The minimum atomic E-state index is 0.433. The molecule has 1 saturated carbocycles. The molecule has 0 amide bonds. The fraction of sp³-hybridized carbons (Fsp3) is 0.706. The molecule has 20 heavy (non-hydrogen) atoms. The van der Waals surface area contributed by atoms with Crippen molar-refractivity contribution in [3.05, 3.63) is 29.6 Å². The largest absolute Gasteiger partial charge is 0.372 e. The Labute approximate surface area is 123 Å². The first-order valence-electron chi connectivity index (χ1n) is 8.05. The molecule has 3 heteroatoms. The van der Waals surface area contributed by atoms with Gasteiger partial charge in [-0.1, -0.05) is 32.8 Å². The highest BCUT2D eigenvalue weighted by Gasteiger charge is 2.19. The summed E-state index contributed by atoms with van der Waals surface area (Å²) in [5, 5.41) is 3.39. The van der Waals surface area contributed by atoms with Crippen LogP contribution in [0.25, 0.3) is 0 Å². The summed E-state index contributed by atoms with van der Waals surface area (Å²) in [6.07, 6.45) is 6.67. The minimum absolute atomic E-state index is 0.433. The van der Waals surface area contributed by atoms with Gasteiger partial charge in [-0.2, -0.15) is 0 Å². The number of hydrogen-bond acceptors (Lipinski definition) is 3. The van der Waals surface area contributed by atoms with Crippen molar-refractivity contribution in [3.63, 3.8) is 0 Å². The molecule has 0 saturated heterocycles. The lowest BCUT2D eigenvalue weighted by molar-refractivity contribution is 0.00315. The summed E-state index contributed by atoms with van der Waals surface area (Å²) in [6, 6.07) is 6.22. The first kappa shape index (κ1) is 15.5. The van der Waals surface area contributed by atoms with E-state index in [4.69, 9.17) is 4.74 Å². The van der Waals surface area contributed by atoms with Gasteiger partial charge in [-0.3, -0.25) is 4.98 Å². The van der Waals surface area contributed by atoms with Crippen LogP contribution in [0.5, 0.6) is 0 Å². The summed E-state index contributed by atoms with van der Waals surface area (Å²) in [5.74, 6) is 0.811. The molecule has 1 aliphatic rings. The molecule has 2 unspecified atom stereocenters. The van der Waals surface area contributed by atoms with Crippen LogP contribution in [0.4, 0.5) is 0 Å². The van der Waals surface area contributed by atoms with Gasteiger partial charge >= 0.3 is 0 Å². The first-order chi connectivity index (χ1) is 9.78. The van der Waals surface area contributed by atoms with Crippen molar-refractivity contribution < 1.29 is 4.74 Å². The topological polar surface area (TPSA) is 34.1 Å². The maximum atomic E-state index is 6.04. The van der Waals surface area contributed by atoms with Crippen LogP contribution in [0.2, 0.25) is 0 Å². The molecule has 0 aliphatic heterocycles. The molecule has 1 N–H and O–H groups in total. The molecule has 0 bridgehead atoms. The highest BCUT2D eigenvalue weighted by atomic mass is 16.5. The zero-order chi connectivity index (χ0) is 14.2. The van der Waals surface area contributed by atoms with Gasteiger partial charge in [0.15, 0.2) is 0 Å². The number of pyridine rings is 1. The predicted octanol–water partition coefficient (Wildman–Crippen LogP) is 3.68. The Morgan fingerprint density at radius 1 is 1.30 bits per heavy atom. The van der Waals surface area contributed by atoms with Gasteiger partial charge in [-0.05, 0) is 43.9 Å². The summed E-state index contributed by atoms with van der Waals surface area (Å²) in [6.45, 7) is 7.05. The molecule has 0 spiro atoms. The molecule has 0 radical (unpaired) electrons. The van der Waals surface area contributed by atoms with Crippen LogP contribution in [-0.2, 0) is 17.9 Å². The number of nitrogens with one attached hydrogen (secondary N) is 1. The standard InChI is InChI=1S/C17H28N2O/c1-3-10-18-12-15-7-5-8-16(19-15)13-20-17-9-4-6-14(2)11-17/h5,7-8,14,17-18H,3-4,6,9-13H2,1-2H3. The summed E-state index contributed by atoms with van der Waals surface area (Å²) < 4.78 is 6.04. The van der Waals surface area contributed by atoms with Gasteiger partial charge in [0.05, 0.1) is 24.1 Å². The molecule has 1 aromatic heterocycles. The number of hydrogen-bond donors (Lipinski definition) is 1. The Kier molecular flexibility index (Phi) is 6.48. The maximum absolute atomic E-state index is 6.04. The number of ether oxygens (including phenoxy) is 1. The summed E-state index contributed by atoms with van der Waals surface area (Å²) in [5.41, 5.74) is 2.16. The van der Waals surface area contributed by atoms with Crippen LogP contribution in [0.15, 0.2) is 18.2 Å². The third kappa shape index (κ3) is 5.22. The normalized spacial score (nSPS) is 22.9. The zero-order valence-corrected chi connectivity index (χ0v) is 12.9. The van der Waals surface area contributed by atoms with E-state index in [1.54, 1.807) is 0 Å². The Balaban J connectivity index is 1.78. The molecule has 2 rings (SSSR count). The Morgan fingerprint density at radius 3 is 2.95 bits per heavy atom. The van der Waals surface area contributed by atoms with E-state index in [0.29, 0.717) is 12.7 Å². The van der Waals surface area contributed by atoms with Crippen LogP contribution in [0.1, 0.15) is 57.3 Å². The van der Waals surface area contributed by atoms with Gasteiger partial charge in [0.2, 0.25) is 0 Å². The van der Waals surface area contributed by atoms with E-state index in [9.17, 15) is 0 Å². The van der Waals surface area contributed by atoms with E-state index in [0.717, 1.165) is 36.8 Å². The molecule has 1 fully saturated rings. The van der Waals surface area contributed by atoms with Crippen molar-refractivity contribution in [2.24, 2.45) is 5.92 Å². The van der Waals surface area contributed by atoms with Crippen molar-refractivity contribution in [2.75, 3.05) is 6.54 Å². The van der Waals surface area contributed by atoms with Gasteiger partial charge in [-0.15, -0.1) is 0 Å². The van der Waals surface area contributed by atoms with E-state index < -0.39 is 0 Å². The predicted molar refractivity (Wildman–Crippen MR) is 82.4 cm³/mol. The number of aromatic nitrogens is 1. The van der Waals surface area contributed by atoms with E-state index >= 15 is 0 Å². The monoisotopic (exact) mass is 276 g/mol. The molecule has 0 aromatic carbocycles. The Morgan fingerprint density at radius 2 is 2.15 bits per heavy atom. The third-order valence-corrected chi connectivity index (χ3v) is 3.95. The average molecular weight is 276 g/mol. The van der Waals surface area contributed by atoms with Crippen molar-refractivity contribution in [1.29, 1.82) is 0 Å². The first-order valence-corrected chi connectivity index (χ1v) is 8.05. The Bertz CT molecular complexity index is 394. The van der Waals surface area contributed by atoms with Crippen LogP contribution in [-0.4, -0.2) is 17.6 Å². The van der Waals surface area contributed by atoms with Crippen LogP contribution >= 0.6 is 0 Å². The maximum Gasteiger partial charge on any atom is 0.0891 e. The Hall–Kier alpha value is -0.930. The second-order valence-corrected chi connectivity index (χ2v) is 6.00. The van der Waals surface area contributed by atoms with Crippen molar-refractivity contribution in [2.45, 2.75) is 65.2 Å². The number of rotatable bonds is 7. The minimum Gasteiger partial charge on any atom is -0.372 e. The fourth-order valence-corrected chi connectivity index (χ4v) is 2.83. The van der Waals surface area contributed by atoms with Crippen molar-refractivity contribution in [3.8, 4) is 0 Å². The van der Waals surface area contributed by atoms with Gasteiger partial charge < -0.3 is 10.1 Å². The molecule has 3 nitrogen and oxygen atoms in total. The summed E-state index contributed by atoms with van der Waals surface area (Å²) in [4.78, 5) is 4.66. The summed E-state index contributed by atoms with van der Waals surface area (Å²) in [7, 11) is 0.